The number of halogens is 1. The first-order valence-electron chi connectivity index (χ1n) is 10.7. The van der Waals surface area contributed by atoms with Gasteiger partial charge in [-0.3, -0.25) is 14.9 Å². The lowest BCUT2D eigenvalue weighted by Gasteiger charge is -2.26. The smallest absolute Gasteiger partial charge is 0.335 e. The van der Waals surface area contributed by atoms with Crippen LogP contribution in [0, 0.1) is 12.7 Å². The van der Waals surface area contributed by atoms with Crippen molar-refractivity contribution < 1.29 is 18.8 Å². The second kappa shape index (κ2) is 8.44. The molecule has 1 N–H and O–H groups in total. The molecular formula is C27H20FN3O3. The van der Waals surface area contributed by atoms with Gasteiger partial charge in [0.25, 0.3) is 11.8 Å². The third-order valence-electron chi connectivity index (χ3n) is 5.78. The highest BCUT2D eigenvalue weighted by molar-refractivity contribution is 6.39. The van der Waals surface area contributed by atoms with Crippen molar-refractivity contribution in [3.05, 3.63) is 107 Å². The number of fused-ring (bicyclic) bond motifs is 1. The van der Waals surface area contributed by atoms with E-state index in [1.54, 1.807) is 0 Å². The van der Waals surface area contributed by atoms with Gasteiger partial charge in [0.1, 0.15) is 11.4 Å². The molecule has 7 heteroatoms. The fourth-order valence-electron chi connectivity index (χ4n) is 4.05. The number of carbonyl (C=O) groups excluding carboxylic acids is 3. The molecule has 4 amide bonds. The number of rotatable bonds is 4. The molecule has 4 aromatic rings. The summed E-state index contributed by atoms with van der Waals surface area (Å²) in [5.74, 6) is -2.04. The van der Waals surface area contributed by atoms with Crippen molar-refractivity contribution in [2.24, 2.45) is 0 Å². The number of aromatic nitrogens is 1. The highest BCUT2D eigenvalue weighted by Crippen LogP contribution is 2.27. The summed E-state index contributed by atoms with van der Waals surface area (Å²) in [7, 11) is 0. The van der Waals surface area contributed by atoms with Gasteiger partial charge in [0.2, 0.25) is 0 Å². The van der Waals surface area contributed by atoms with E-state index in [0.717, 1.165) is 33.5 Å². The number of hydrogen-bond donors (Lipinski definition) is 1. The third-order valence-corrected chi connectivity index (χ3v) is 5.78. The van der Waals surface area contributed by atoms with Crippen LogP contribution in [0.4, 0.5) is 14.9 Å². The van der Waals surface area contributed by atoms with Gasteiger partial charge in [-0.1, -0.05) is 48.0 Å². The van der Waals surface area contributed by atoms with Crippen LogP contribution in [0.5, 0.6) is 0 Å². The first kappa shape index (κ1) is 21.3. The third kappa shape index (κ3) is 3.88. The van der Waals surface area contributed by atoms with Crippen LogP contribution in [0.1, 0.15) is 16.7 Å². The molecule has 168 valence electrons. The number of urea groups is 1. The Morgan fingerprint density at radius 3 is 2.35 bits per heavy atom. The summed E-state index contributed by atoms with van der Waals surface area (Å²) >= 11 is 0. The van der Waals surface area contributed by atoms with Gasteiger partial charge in [0.05, 0.1) is 5.69 Å². The van der Waals surface area contributed by atoms with Crippen molar-refractivity contribution >= 4 is 40.5 Å². The van der Waals surface area contributed by atoms with Crippen LogP contribution < -0.4 is 10.2 Å². The normalized spacial score (nSPS) is 15.3. The number of hydrogen-bond acceptors (Lipinski definition) is 3. The Balaban J connectivity index is 1.56. The lowest BCUT2D eigenvalue weighted by molar-refractivity contribution is -0.122. The second-order valence-electron chi connectivity index (χ2n) is 8.15. The highest BCUT2D eigenvalue weighted by Gasteiger charge is 2.37. The van der Waals surface area contributed by atoms with Crippen LogP contribution in [-0.4, -0.2) is 22.4 Å². The molecule has 3 aromatic carbocycles. The van der Waals surface area contributed by atoms with Gasteiger partial charge in [0, 0.05) is 29.2 Å². The summed E-state index contributed by atoms with van der Waals surface area (Å²) in [4.78, 5) is 39.0. The number of carbonyl (C=O) groups is 3. The van der Waals surface area contributed by atoms with Gasteiger partial charge in [-0.05, 0) is 48.9 Å². The quantitative estimate of drug-likeness (QED) is 0.356. The fraction of sp³-hybridized carbons (Fsp3) is 0.0741. The maximum Gasteiger partial charge on any atom is 0.335 e. The van der Waals surface area contributed by atoms with E-state index in [0.29, 0.717) is 12.1 Å². The van der Waals surface area contributed by atoms with Crippen LogP contribution in [0.15, 0.2) is 84.6 Å². The second-order valence-corrected chi connectivity index (χ2v) is 8.15. The van der Waals surface area contributed by atoms with Crippen LogP contribution >= 0.6 is 0 Å². The Morgan fingerprint density at radius 1 is 0.912 bits per heavy atom. The summed E-state index contributed by atoms with van der Waals surface area (Å²) in [5, 5.41) is 3.07. The first-order valence-corrected chi connectivity index (χ1v) is 10.7. The van der Waals surface area contributed by atoms with Crippen LogP contribution in [-0.2, 0) is 16.1 Å². The molecule has 2 heterocycles. The zero-order valence-electron chi connectivity index (χ0n) is 18.3. The number of amides is 4. The minimum Gasteiger partial charge on any atom is -0.342 e. The Morgan fingerprint density at radius 2 is 1.62 bits per heavy atom. The lowest BCUT2D eigenvalue weighted by atomic mass is 10.1. The number of imide groups is 2. The Labute approximate surface area is 194 Å². The van der Waals surface area contributed by atoms with Gasteiger partial charge in [-0.2, -0.15) is 0 Å². The molecule has 0 unspecified atom stereocenters. The van der Waals surface area contributed by atoms with Crippen LogP contribution in [0.2, 0.25) is 0 Å². The average Bonchev–Trinajstić information content (AvgIpc) is 3.16. The van der Waals surface area contributed by atoms with E-state index in [9.17, 15) is 18.8 Å². The number of anilines is 1. The molecule has 1 aromatic heterocycles. The van der Waals surface area contributed by atoms with Crippen molar-refractivity contribution in [2.75, 3.05) is 4.90 Å². The van der Waals surface area contributed by atoms with E-state index >= 15 is 0 Å². The van der Waals surface area contributed by atoms with Crippen molar-refractivity contribution in [1.82, 2.24) is 9.88 Å². The Bertz CT molecular complexity index is 1470. The standard InChI is InChI=1S/C27H20FN3O3/c1-17-6-8-18(9-7-17)15-30-16-19(22-4-2-3-5-24(22)30)14-23-25(32)29-27(34)31(26(23)33)21-12-10-20(28)11-13-21/h2-14,16H,15H2,1H3,(H,29,32,34)/b23-14-. The number of aryl methyl sites for hydroxylation is 1. The maximum atomic E-state index is 13.3. The summed E-state index contributed by atoms with van der Waals surface area (Å²) in [6.45, 7) is 2.65. The zero-order valence-corrected chi connectivity index (χ0v) is 18.3. The molecule has 5 rings (SSSR count). The SMILES string of the molecule is Cc1ccc(Cn2cc(/C=C3/C(=O)NC(=O)N(c4ccc(F)cc4)C3=O)c3ccccc32)cc1. The summed E-state index contributed by atoms with van der Waals surface area (Å²) in [6, 6.07) is 20.0. The summed E-state index contributed by atoms with van der Waals surface area (Å²) in [6.07, 6.45) is 3.38. The minimum absolute atomic E-state index is 0.170. The summed E-state index contributed by atoms with van der Waals surface area (Å²) < 4.78 is 15.4. The van der Waals surface area contributed by atoms with E-state index in [1.165, 1.54) is 23.8 Å². The molecule has 1 saturated heterocycles. The molecule has 6 nitrogen and oxygen atoms in total. The van der Waals surface area contributed by atoms with E-state index in [-0.39, 0.29) is 11.3 Å². The molecular weight excluding hydrogens is 433 g/mol. The molecule has 34 heavy (non-hydrogen) atoms. The topological polar surface area (TPSA) is 71.4 Å². The van der Waals surface area contributed by atoms with Crippen molar-refractivity contribution in [1.29, 1.82) is 0 Å². The molecule has 0 spiro atoms. The van der Waals surface area contributed by atoms with E-state index in [4.69, 9.17) is 0 Å². The van der Waals surface area contributed by atoms with Gasteiger partial charge in [0.15, 0.2) is 0 Å². The van der Waals surface area contributed by atoms with Crippen molar-refractivity contribution in [3.63, 3.8) is 0 Å². The molecule has 0 aliphatic carbocycles. The molecule has 0 saturated carbocycles. The minimum atomic E-state index is -0.874. The molecule has 1 aliphatic heterocycles. The van der Waals surface area contributed by atoms with E-state index in [2.05, 4.69) is 34.1 Å². The van der Waals surface area contributed by atoms with Gasteiger partial charge in [-0.15, -0.1) is 0 Å². The number of barbiturate groups is 1. The largest absolute Gasteiger partial charge is 0.342 e. The zero-order chi connectivity index (χ0) is 23.8. The Kier molecular flexibility index (Phi) is 5.30. The number of nitrogens with one attached hydrogen (secondary N) is 1. The highest BCUT2D eigenvalue weighted by atomic mass is 19.1. The molecule has 1 fully saturated rings. The van der Waals surface area contributed by atoms with E-state index < -0.39 is 23.7 Å². The van der Waals surface area contributed by atoms with Gasteiger partial charge < -0.3 is 4.57 Å². The molecule has 0 radical (unpaired) electrons. The lowest BCUT2D eigenvalue weighted by Crippen LogP contribution is -2.54. The molecule has 0 bridgehead atoms. The summed E-state index contributed by atoms with van der Waals surface area (Å²) in [5.41, 5.74) is 3.91. The Hall–Kier alpha value is -4.52. The van der Waals surface area contributed by atoms with Crippen molar-refractivity contribution in [2.45, 2.75) is 13.5 Å². The predicted octanol–water partition coefficient (Wildman–Crippen LogP) is 4.80. The predicted molar refractivity (Wildman–Crippen MR) is 128 cm³/mol. The van der Waals surface area contributed by atoms with E-state index in [1.807, 2.05) is 37.4 Å². The van der Waals surface area contributed by atoms with Crippen LogP contribution in [0.25, 0.3) is 17.0 Å². The monoisotopic (exact) mass is 453 g/mol. The number of benzene rings is 3. The number of nitrogens with zero attached hydrogens (tertiary/aromatic N) is 2. The number of para-hydroxylation sites is 1. The first-order chi connectivity index (χ1) is 16.4. The van der Waals surface area contributed by atoms with Crippen LogP contribution in [0.3, 0.4) is 0 Å². The average molecular weight is 453 g/mol. The van der Waals surface area contributed by atoms with Crippen molar-refractivity contribution in [3.8, 4) is 0 Å². The maximum absolute atomic E-state index is 13.3. The molecule has 0 atom stereocenters. The van der Waals surface area contributed by atoms with Gasteiger partial charge >= 0.3 is 6.03 Å². The van der Waals surface area contributed by atoms with Gasteiger partial charge in [-0.25, -0.2) is 14.1 Å². The fourth-order valence-corrected chi connectivity index (χ4v) is 4.05. The molecule has 1 aliphatic rings.